The maximum absolute atomic E-state index is 5.14. The molecule has 0 aliphatic carbocycles. The molecule has 0 bridgehead atoms. The second-order valence-electron chi connectivity index (χ2n) is 17.4. The Hall–Kier alpha value is -1.82. The van der Waals surface area contributed by atoms with Gasteiger partial charge in [-0.3, -0.25) is 4.99 Å². The SMILES string of the molecule is CCCCCCCCCCCCCCCCCCCCCCCCCCC/C=C/C(C=Nc1ccc(CCC)c(CCC)c1)=Nc1ccc(CCC)c(CCC)c1.[Pd]. The van der Waals surface area contributed by atoms with Crippen LogP contribution in [0.15, 0.2) is 58.5 Å². The third-order valence-corrected chi connectivity index (χ3v) is 11.8. The van der Waals surface area contributed by atoms with Crippen molar-refractivity contribution in [2.24, 2.45) is 9.98 Å². The Bertz CT molecular complexity index is 1320. The molecule has 0 heterocycles. The molecule has 0 saturated carbocycles. The van der Waals surface area contributed by atoms with E-state index in [0.717, 1.165) is 62.0 Å². The van der Waals surface area contributed by atoms with Crippen LogP contribution in [0.25, 0.3) is 0 Å². The summed E-state index contributed by atoms with van der Waals surface area (Å²) in [5.41, 5.74) is 8.86. The largest absolute Gasteiger partial charge is 0.255 e. The van der Waals surface area contributed by atoms with E-state index >= 15 is 0 Å². The van der Waals surface area contributed by atoms with E-state index < -0.39 is 0 Å². The number of nitrogens with zero attached hydrogens (tertiary/aromatic N) is 2. The van der Waals surface area contributed by atoms with Gasteiger partial charge in [0.25, 0.3) is 0 Å². The van der Waals surface area contributed by atoms with Gasteiger partial charge in [0.1, 0.15) is 0 Å². The predicted molar refractivity (Wildman–Crippen MR) is 259 cm³/mol. The van der Waals surface area contributed by atoms with Crippen LogP contribution in [0.3, 0.4) is 0 Å². The van der Waals surface area contributed by atoms with Gasteiger partial charge < -0.3 is 0 Å². The molecule has 0 spiro atoms. The van der Waals surface area contributed by atoms with Crippen LogP contribution in [-0.2, 0) is 46.1 Å². The zero-order chi connectivity index (χ0) is 40.9. The van der Waals surface area contributed by atoms with E-state index in [1.54, 1.807) is 0 Å². The Morgan fingerprint density at radius 1 is 0.397 bits per heavy atom. The van der Waals surface area contributed by atoms with Crippen molar-refractivity contribution in [3.63, 3.8) is 0 Å². The monoisotopic (exact) mass is 887 g/mol. The van der Waals surface area contributed by atoms with Crippen LogP contribution in [-0.4, -0.2) is 11.9 Å². The molecule has 2 aromatic rings. The smallest absolute Gasteiger partial charge is 0.0816 e. The van der Waals surface area contributed by atoms with E-state index in [0.29, 0.717) is 0 Å². The summed E-state index contributed by atoms with van der Waals surface area (Å²) in [5, 5.41) is 0. The van der Waals surface area contributed by atoms with Crippen LogP contribution >= 0.6 is 0 Å². The first-order chi connectivity index (χ1) is 28.1. The first-order valence-corrected chi connectivity index (χ1v) is 25.2. The second kappa shape index (κ2) is 39.3. The fourth-order valence-electron chi connectivity index (χ4n) is 8.41. The van der Waals surface area contributed by atoms with E-state index in [9.17, 15) is 0 Å². The Morgan fingerprint density at radius 3 is 1.14 bits per heavy atom. The molecule has 2 nitrogen and oxygen atoms in total. The Kier molecular flexibility index (Phi) is 36.7. The van der Waals surface area contributed by atoms with Gasteiger partial charge in [0.15, 0.2) is 0 Å². The molecule has 0 saturated heterocycles. The molecule has 58 heavy (non-hydrogen) atoms. The van der Waals surface area contributed by atoms with E-state index in [1.165, 1.54) is 196 Å². The van der Waals surface area contributed by atoms with Gasteiger partial charge in [-0.2, -0.15) is 0 Å². The van der Waals surface area contributed by atoms with Gasteiger partial charge in [-0.25, -0.2) is 4.99 Å². The number of aryl methyl sites for hydroxylation is 4. The van der Waals surface area contributed by atoms with Crippen molar-refractivity contribution in [2.45, 2.75) is 253 Å². The molecule has 3 heteroatoms. The molecule has 0 radical (unpaired) electrons. The zero-order valence-electron chi connectivity index (χ0n) is 38.9. The summed E-state index contributed by atoms with van der Waals surface area (Å²) in [6.07, 6.45) is 52.7. The average molecular weight is 888 g/mol. The molecular formula is C55H92N2Pd. The summed E-state index contributed by atoms with van der Waals surface area (Å²) < 4.78 is 0. The van der Waals surface area contributed by atoms with Crippen molar-refractivity contribution in [1.29, 1.82) is 0 Å². The first kappa shape index (κ1) is 54.2. The summed E-state index contributed by atoms with van der Waals surface area (Å²) in [6.45, 7) is 11.4. The maximum Gasteiger partial charge on any atom is 0.0816 e. The Labute approximate surface area is 375 Å². The summed E-state index contributed by atoms with van der Waals surface area (Å²) in [4.78, 5) is 10.1. The van der Waals surface area contributed by atoms with E-state index in [2.05, 4.69) is 83.2 Å². The van der Waals surface area contributed by atoms with Crippen LogP contribution in [0.1, 0.15) is 249 Å². The molecule has 2 rings (SSSR count). The summed E-state index contributed by atoms with van der Waals surface area (Å²) in [5.74, 6) is 0. The van der Waals surface area contributed by atoms with Crippen LogP contribution in [0, 0.1) is 0 Å². The Morgan fingerprint density at radius 2 is 0.741 bits per heavy atom. The molecule has 2 aromatic carbocycles. The number of hydrogen-bond donors (Lipinski definition) is 0. The number of allylic oxidation sites excluding steroid dienone is 2. The van der Waals surface area contributed by atoms with E-state index in [-0.39, 0.29) is 20.4 Å². The molecule has 0 aromatic heterocycles. The molecular weight excluding hydrogens is 795 g/mol. The zero-order valence-corrected chi connectivity index (χ0v) is 40.5. The topological polar surface area (TPSA) is 24.7 Å². The van der Waals surface area contributed by atoms with Gasteiger partial charge in [0.2, 0.25) is 0 Å². The van der Waals surface area contributed by atoms with Gasteiger partial charge in [0.05, 0.1) is 23.3 Å². The van der Waals surface area contributed by atoms with Crippen LogP contribution < -0.4 is 0 Å². The maximum atomic E-state index is 5.14. The van der Waals surface area contributed by atoms with Crippen molar-refractivity contribution in [3.05, 3.63) is 70.8 Å². The van der Waals surface area contributed by atoms with Gasteiger partial charge >= 0.3 is 0 Å². The summed E-state index contributed by atoms with van der Waals surface area (Å²) >= 11 is 0. The Balaban J connectivity index is 0.0000168. The number of benzene rings is 2. The number of hydrogen-bond acceptors (Lipinski definition) is 2. The molecule has 0 N–H and O–H groups in total. The standard InChI is InChI=1S/C55H92N2.Pd/c1-6-11-12-13-14-15-16-17-18-19-20-21-22-23-24-25-26-27-28-29-30-31-32-33-34-35-36-41-55(57-54-45-43-50(38-8-3)52(47-54)40-10-5)48-56-53-44-42-49(37-7-2)51(46-53)39-9-4;/h36,41-48H,6-35,37-40H2,1-5H3;/b41-36+,56-48?,57-55?;. The van der Waals surface area contributed by atoms with Gasteiger partial charge in [0, 0.05) is 20.4 Å². The van der Waals surface area contributed by atoms with E-state index in [4.69, 9.17) is 9.98 Å². The summed E-state index contributed by atoms with van der Waals surface area (Å²) in [6, 6.07) is 13.6. The second-order valence-corrected chi connectivity index (χ2v) is 17.4. The minimum atomic E-state index is 0. The molecule has 0 amide bonds. The number of unbranched alkanes of at least 4 members (excludes halogenated alkanes) is 25. The van der Waals surface area contributed by atoms with Crippen molar-refractivity contribution >= 4 is 23.3 Å². The fourth-order valence-corrected chi connectivity index (χ4v) is 8.41. The van der Waals surface area contributed by atoms with Gasteiger partial charge in [-0.05, 0) is 91.1 Å². The van der Waals surface area contributed by atoms with Gasteiger partial charge in [-0.15, -0.1) is 0 Å². The average Bonchev–Trinajstić information content (AvgIpc) is 3.21. The molecule has 0 unspecified atom stereocenters. The normalized spacial score (nSPS) is 12.0. The molecule has 0 atom stereocenters. The minimum absolute atomic E-state index is 0. The van der Waals surface area contributed by atoms with Crippen molar-refractivity contribution < 1.29 is 20.4 Å². The first-order valence-electron chi connectivity index (χ1n) is 25.2. The van der Waals surface area contributed by atoms with E-state index in [1.807, 2.05) is 6.21 Å². The fraction of sp³-hybridized carbons (Fsp3) is 0.709. The van der Waals surface area contributed by atoms with Crippen LogP contribution in [0.2, 0.25) is 0 Å². The third kappa shape index (κ3) is 27.8. The molecule has 0 fully saturated rings. The predicted octanol–water partition coefficient (Wildman–Crippen LogP) is 18.7. The minimum Gasteiger partial charge on any atom is -0.255 e. The molecule has 0 aliphatic rings. The van der Waals surface area contributed by atoms with Crippen LogP contribution in [0.4, 0.5) is 11.4 Å². The van der Waals surface area contributed by atoms with Crippen molar-refractivity contribution in [1.82, 2.24) is 0 Å². The van der Waals surface area contributed by atoms with Crippen molar-refractivity contribution in [2.75, 3.05) is 0 Å². The van der Waals surface area contributed by atoms with Crippen LogP contribution in [0.5, 0.6) is 0 Å². The van der Waals surface area contributed by atoms with Gasteiger partial charge in [-0.1, -0.05) is 233 Å². The molecule has 0 aliphatic heterocycles. The quantitative estimate of drug-likeness (QED) is 0.0365. The number of rotatable bonds is 38. The van der Waals surface area contributed by atoms with Crippen molar-refractivity contribution in [3.8, 4) is 0 Å². The molecule has 332 valence electrons. The summed E-state index contributed by atoms with van der Waals surface area (Å²) in [7, 11) is 0. The third-order valence-electron chi connectivity index (χ3n) is 11.8. The number of aliphatic imine (C=N–C) groups is 2.